The SMILES string of the molecule is Cc1c(C(=O)O)cc(Cl)c(Cl)c1C1=CCON1. The fourth-order valence-electron chi connectivity index (χ4n) is 1.70. The van der Waals surface area contributed by atoms with Crippen molar-refractivity contribution in [2.24, 2.45) is 0 Å². The van der Waals surface area contributed by atoms with E-state index in [2.05, 4.69) is 5.48 Å². The molecule has 0 saturated heterocycles. The molecule has 0 unspecified atom stereocenters. The zero-order chi connectivity index (χ0) is 12.6. The molecule has 1 aromatic rings. The number of carbonyl (C=O) groups is 1. The molecule has 0 fully saturated rings. The molecule has 1 aromatic carbocycles. The standard InChI is InChI=1S/C11H9Cl2NO3/c1-5-6(11(15)16)4-7(12)10(13)9(5)8-2-3-17-14-8/h2,4,14H,3H2,1H3,(H,15,16). The van der Waals surface area contributed by atoms with Crippen molar-refractivity contribution in [3.8, 4) is 0 Å². The Morgan fingerprint density at radius 2 is 2.24 bits per heavy atom. The van der Waals surface area contributed by atoms with Crippen LogP contribution in [0.25, 0.3) is 5.70 Å². The first kappa shape index (κ1) is 12.2. The van der Waals surface area contributed by atoms with Gasteiger partial charge in [0.05, 0.1) is 27.9 Å². The number of halogens is 2. The van der Waals surface area contributed by atoms with Gasteiger partial charge in [-0.1, -0.05) is 23.2 Å². The molecule has 0 bridgehead atoms. The fourth-order valence-corrected chi connectivity index (χ4v) is 2.20. The first-order chi connectivity index (χ1) is 8.02. The van der Waals surface area contributed by atoms with Gasteiger partial charge in [-0.25, -0.2) is 4.79 Å². The summed E-state index contributed by atoms with van der Waals surface area (Å²) >= 11 is 12.0. The Kier molecular flexibility index (Phi) is 3.28. The van der Waals surface area contributed by atoms with E-state index in [1.54, 1.807) is 13.0 Å². The molecule has 90 valence electrons. The summed E-state index contributed by atoms with van der Waals surface area (Å²) in [5.41, 5.74) is 4.55. The van der Waals surface area contributed by atoms with Crippen molar-refractivity contribution in [3.63, 3.8) is 0 Å². The minimum Gasteiger partial charge on any atom is -0.478 e. The number of hydrogen-bond acceptors (Lipinski definition) is 3. The lowest BCUT2D eigenvalue weighted by Gasteiger charge is -2.13. The summed E-state index contributed by atoms with van der Waals surface area (Å²) < 4.78 is 0. The van der Waals surface area contributed by atoms with E-state index in [4.69, 9.17) is 33.1 Å². The third-order valence-corrected chi connectivity index (χ3v) is 3.32. The number of rotatable bonds is 2. The van der Waals surface area contributed by atoms with Crippen LogP contribution in [0.3, 0.4) is 0 Å². The molecule has 2 rings (SSSR count). The van der Waals surface area contributed by atoms with Gasteiger partial charge in [-0.3, -0.25) is 10.3 Å². The normalized spacial score (nSPS) is 14.4. The van der Waals surface area contributed by atoms with Crippen molar-refractivity contribution in [1.29, 1.82) is 0 Å². The maximum atomic E-state index is 11.1. The molecule has 0 aromatic heterocycles. The van der Waals surface area contributed by atoms with Crippen LogP contribution in [0.1, 0.15) is 21.5 Å². The van der Waals surface area contributed by atoms with Gasteiger partial charge in [0.1, 0.15) is 0 Å². The van der Waals surface area contributed by atoms with Gasteiger partial charge in [0, 0.05) is 5.56 Å². The van der Waals surface area contributed by atoms with E-state index in [-0.39, 0.29) is 10.6 Å². The highest BCUT2D eigenvalue weighted by atomic mass is 35.5. The Balaban J connectivity index is 2.68. The maximum absolute atomic E-state index is 11.1. The summed E-state index contributed by atoms with van der Waals surface area (Å²) in [7, 11) is 0. The summed E-state index contributed by atoms with van der Waals surface area (Å²) in [5.74, 6) is -1.04. The second kappa shape index (κ2) is 4.56. The first-order valence-electron chi connectivity index (χ1n) is 4.82. The molecule has 0 aliphatic carbocycles. The lowest BCUT2D eigenvalue weighted by Crippen LogP contribution is -2.10. The molecule has 0 saturated carbocycles. The predicted octanol–water partition coefficient (Wildman–Crippen LogP) is 2.88. The van der Waals surface area contributed by atoms with Crippen molar-refractivity contribution in [1.82, 2.24) is 5.48 Å². The maximum Gasteiger partial charge on any atom is 0.336 e. The van der Waals surface area contributed by atoms with Gasteiger partial charge in [-0.2, -0.15) is 0 Å². The molecule has 0 amide bonds. The summed E-state index contributed by atoms with van der Waals surface area (Å²) in [6.07, 6.45) is 1.77. The second-order valence-corrected chi connectivity index (χ2v) is 4.34. The van der Waals surface area contributed by atoms with Gasteiger partial charge in [0.2, 0.25) is 0 Å². The Labute approximate surface area is 108 Å². The summed E-state index contributed by atoms with van der Waals surface area (Å²) in [5, 5.41) is 9.60. The predicted molar refractivity (Wildman–Crippen MR) is 65.2 cm³/mol. The highest BCUT2D eigenvalue weighted by Crippen LogP contribution is 2.35. The number of hydrogen-bond donors (Lipinski definition) is 2. The molecular formula is C11H9Cl2NO3. The van der Waals surface area contributed by atoms with E-state index in [0.717, 1.165) is 0 Å². The molecule has 2 N–H and O–H groups in total. The van der Waals surface area contributed by atoms with E-state index >= 15 is 0 Å². The Hall–Kier alpha value is -1.23. The summed E-state index contributed by atoms with van der Waals surface area (Å²) in [6.45, 7) is 2.09. The molecule has 17 heavy (non-hydrogen) atoms. The monoisotopic (exact) mass is 273 g/mol. The molecule has 1 heterocycles. The first-order valence-corrected chi connectivity index (χ1v) is 5.58. The van der Waals surface area contributed by atoms with Gasteiger partial charge < -0.3 is 5.11 Å². The highest BCUT2D eigenvalue weighted by Gasteiger charge is 2.21. The van der Waals surface area contributed by atoms with Crippen molar-refractivity contribution >= 4 is 34.9 Å². The summed E-state index contributed by atoms with van der Waals surface area (Å²) in [6, 6.07) is 1.35. The number of benzene rings is 1. The molecule has 0 atom stereocenters. The Bertz CT molecular complexity index is 526. The third-order valence-electron chi connectivity index (χ3n) is 2.53. The lowest BCUT2D eigenvalue weighted by atomic mass is 10.00. The third kappa shape index (κ3) is 2.11. The van der Waals surface area contributed by atoms with Gasteiger partial charge >= 0.3 is 5.97 Å². The number of carboxylic acids is 1. The van der Waals surface area contributed by atoms with Crippen LogP contribution in [0.5, 0.6) is 0 Å². The van der Waals surface area contributed by atoms with E-state index in [9.17, 15) is 4.79 Å². The van der Waals surface area contributed by atoms with E-state index < -0.39 is 5.97 Å². The molecular weight excluding hydrogens is 265 g/mol. The molecule has 0 radical (unpaired) electrons. The topological polar surface area (TPSA) is 58.6 Å². The highest BCUT2D eigenvalue weighted by molar-refractivity contribution is 6.43. The van der Waals surface area contributed by atoms with Gasteiger partial charge in [-0.05, 0) is 24.6 Å². The minimum absolute atomic E-state index is 0.129. The van der Waals surface area contributed by atoms with Crippen LogP contribution < -0.4 is 5.48 Å². The molecule has 0 spiro atoms. The minimum atomic E-state index is -1.04. The van der Waals surface area contributed by atoms with E-state index in [1.165, 1.54) is 6.07 Å². The van der Waals surface area contributed by atoms with Gasteiger partial charge in [0.15, 0.2) is 0 Å². The smallest absolute Gasteiger partial charge is 0.336 e. The number of carboxylic acid groups (broad SMARTS) is 1. The molecule has 4 nitrogen and oxygen atoms in total. The van der Waals surface area contributed by atoms with Crippen molar-refractivity contribution in [2.75, 3.05) is 6.61 Å². The zero-order valence-corrected chi connectivity index (χ0v) is 10.4. The van der Waals surface area contributed by atoms with Crippen LogP contribution in [0.2, 0.25) is 10.0 Å². The summed E-state index contributed by atoms with van der Waals surface area (Å²) in [4.78, 5) is 16.0. The quantitative estimate of drug-likeness (QED) is 0.870. The number of hydroxylamine groups is 1. The van der Waals surface area contributed by atoms with Crippen molar-refractivity contribution in [3.05, 3.63) is 38.9 Å². The number of nitrogens with one attached hydrogen (secondary N) is 1. The zero-order valence-electron chi connectivity index (χ0n) is 8.88. The van der Waals surface area contributed by atoms with Crippen LogP contribution in [0.4, 0.5) is 0 Å². The van der Waals surface area contributed by atoms with Crippen molar-refractivity contribution < 1.29 is 14.7 Å². The van der Waals surface area contributed by atoms with E-state index in [0.29, 0.717) is 28.5 Å². The van der Waals surface area contributed by atoms with Crippen molar-refractivity contribution in [2.45, 2.75) is 6.92 Å². The van der Waals surface area contributed by atoms with Gasteiger partial charge in [0.25, 0.3) is 0 Å². The largest absolute Gasteiger partial charge is 0.478 e. The Morgan fingerprint density at radius 1 is 1.53 bits per heavy atom. The second-order valence-electron chi connectivity index (χ2n) is 3.56. The average molecular weight is 274 g/mol. The van der Waals surface area contributed by atoms with Crippen LogP contribution in [0, 0.1) is 6.92 Å². The van der Waals surface area contributed by atoms with Gasteiger partial charge in [-0.15, -0.1) is 0 Å². The average Bonchev–Trinajstić information content (AvgIpc) is 2.76. The van der Waals surface area contributed by atoms with Crippen LogP contribution in [-0.2, 0) is 4.84 Å². The van der Waals surface area contributed by atoms with Crippen LogP contribution >= 0.6 is 23.2 Å². The molecule has 1 aliphatic heterocycles. The lowest BCUT2D eigenvalue weighted by molar-refractivity contribution is 0.0696. The molecule has 6 heteroatoms. The van der Waals surface area contributed by atoms with Crippen LogP contribution in [0.15, 0.2) is 12.1 Å². The Morgan fingerprint density at radius 3 is 2.76 bits per heavy atom. The molecule has 1 aliphatic rings. The van der Waals surface area contributed by atoms with Crippen LogP contribution in [-0.4, -0.2) is 17.7 Å². The fraction of sp³-hybridized carbons (Fsp3) is 0.182. The number of aromatic carboxylic acids is 1. The van der Waals surface area contributed by atoms with E-state index in [1.807, 2.05) is 0 Å².